The summed E-state index contributed by atoms with van der Waals surface area (Å²) in [6.07, 6.45) is -5.06. The van der Waals surface area contributed by atoms with Crippen LogP contribution >= 0.6 is 0 Å². The topological polar surface area (TPSA) is 112 Å². The van der Waals surface area contributed by atoms with E-state index in [0.29, 0.717) is 22.0 Å². The van der Waals surface area contributed by atoms with Gasteiger partial charge in [-0.1, -0.05) is 17.0 Å². The molecule has 2 heterocycles. The Morgan fingerprint density at radius 1 is 1.03 bits per heavy atom. The molecule has 3 rings (SSSR count). The fraction of sp³-hybridized carbons (Fsp3) is 0.250. The number of aromatic nitrogens is 5. The van der Waals surface area contributed by atoms with Crippen LogP contribution in [0.4, 0.5) is 13.2 Å². The first-order valence-corrected chi connectivity index (χ1v) is 9.57. The lowest BCUT2D eigenvalue weighted by Crippen LogP contribution is -2.27. The average molecular weight is 428 g/mol. The van der Waals surface area contributed by atoms with Crippen LogP contribution in [-0.4, -0.2) is 39.9 Å². The van der Waals surface area contributed by atoms with Crippen molar-refractivity contribution in [3.05, 3.63) is 47.4 Å². The molecule has 3 aromatic rings. The van der Waals surface area contributed by atoms with Crippen molar-refractivity contribution in [2.75, 3.05) is 4.83 Å². The summed E-state index contributed by atoms with van der Waals surface area (Å²) >= 11 is 0. The summed E-state index contributed by atoms with van der Waals surface area (Å²) in [6, 6.07) is 6.08. The monoisotopic (exact) mass is 428 g/mol. The number of rotatable bonds is 5. The van der Waals surface area contributed by atoms with E-state index in [9.17, 15) is 21.6 Å². The summed E-state index contributed by atoms with van der Waals surface area (Å²) in [5.41, 5.74) is 1.90. The number of hydrogen-bond donors (Lipinski definition) is 1. The fourth-order valence-corrected chi connectivity index (χ4v) is 3.52. The zero-order chi connectivity index (χ0) is 21.4. The van der Waals surface area contributed by atoms with Crippen LogP contribution in [0, 0.1) is 20.8 Å². The van der Waals surface area contributed by atoms with Crippen molar-refractivity contribution in [3.63, 3.8) is 0 Å². The largest absolute Gasteiger partial charge is 0.573 e. The van der Waals surface area contributed by atoms with Gasteiger partial charge in [0.05, 0.1) is 5.69 Å². The van der Waals surface area contributed by atoms with E-state index in [4.69, 9.17) is 0 Å². The van der Waals surface area contributed by atoms with Gasteiger partial charge < -0.3 is 4.74 Å². The molecule has 9 nitrogen and oxygen atoms in total. The number of benzene rings is 1. The highest BCUT2D eigenvalue weighted by Crippen LogP contribution is 2.29. The third-order valence-electron chi connectivity index (χ3n) is 3.54. The second-order valence-corrected chi connectivity index (χ2v) is 7.62. The summed E-state index contributed by atoms with van der Waals surface area (Å²) in [7, 11) is -4.50. The van der Waals surface area contributed by atoms with Crippen molar-refractivity contribution in [3.8, 4) is 17.3 Å². The van der Waals surface area contributed by atoms with Crippen LogP contribution in [0.15, 0.2) is 35.2 Å². The Bertz CT molecular complexity index is 1140. The minimum atomic E-state index is -5.06. The molecule has 13 heteroatoms. The number of nitrogens with zero attached hydrogens (tertiary/aromatic N) is 5. The molecular weight excluding hydrogens is 413 g/mol. The van der Waals surface area contributed by atoms with E-state index in [1.807, 2.05) is 4.83 Å². The Hall–Kier alpha value is -3.22. The number of aryl methyl sites for hydroxylation is 3. The van der Waals surface area contributed by atoms with Crippen molar-refractivity contribution < 1.29 is 26.3 Å². The molecule has 0 amide bonds. The molecule has 0 aliphatic heterocycles. The molecule has 0 bridgehead atoms. The quantitative estimate of drug-likeness (QED) is 0.664. The third-order valence-corrected chi connectivity index (χ3v) is 4.86. The first-order chi connectivity index (χ1) is 13.4. The SMILES string of the molecule is Cc1cc(C)nc(-c2nn(NS(=O)(=O)c3ccccc3OC(F)(F)F)nc2C)n1. The van der Waals surface area contributed by atoms with Gasteiger partial charge in [0, 0.05) is 11.4 Å². The smallest absolute Gasteiger partial charge is 0.404 e. The maximum absolute atomic E-state index is 12.6. The second kappa shape index (κ2) is 7.31. The Labute approximate surface area is 163 Å². The van der Waals surface area contributed by atoms with Crippen LogP contribution in [0.5, 0.6) is 5.75 Å². The Morgan fingerprint density at radius 3 is 2.28 bits per heavy atom. The normalized spacial score (nSPS) is 12.1. The summed E-state index contributed by atoms with van der Waals surface area (Å²) < 4.78 is 66.7. The number of ether oxygens (including phenoxy) is 1. The Kier molecular flexibility index (Phi) is 5.17. The molecule has 0 saturated carbocycles. The predicted molar refractivity (Wildman–Crippen MR) is 94.9 cm³/mol. The molecule has 1 N–H and O–H groups in total. The van der Waals surface area contributed by atoms with Crippen LogP contribution in [-0.2, 0) is 10.0 Å². The van der Waals surface area contributed by atoms with Gasteiger partial charge in [-0.05, 0) is 39.0 Å². The summed E-state index contributed by atoms with van der Waals surface area (Å²) in [5.74, 6) is -0.638. The van der Waals surface area contributed by atoms with E-state index in [0.717, 1.165) is 12.1 Å². The summed E-state index contributed by atoms with van der Waals surface area (Å²) in [4.78, 5) is 10.4. The third kappa shape index (κ3) is 4.80. The first-order valence-electron chi connectivity index (χ1n) is 8.09. The van der Waals surface area contributed by atoms with Crippen molar-refractivity contribution in [1.29, 1.82) is 0 Å². The summed E-state index contributed by atoms with van der Waals surface area (Å²) in [6.45, 7) is 5.09. The maximum Gasteiger partial charge on any atom is 0.573 e. The van der Waals surface area contributed by atoms with Gasteiger partial charge in [-0.3, -0.25) is 0 Å². The van der Waals surface area contributed by atoms with Gasteiger partial charge in [-0.15, -0.1) is 23.4 Å². The first kappa shape index (κ1) is 20.5. The lowest BCUT2D eigenvalue weighted by atomic mass is 10.3. The number of para-hydroxylation sites is 1. The molecule has 0 radical (unpaired) electrons. The van der Waals surface area contributed by atoms with Gasteiger partial charge in [-0.2, -0.15) is 13.2 Å². The van der Waals surface area contributed by atoms with Crippen molar-refractivity contribution >= 4 is 10.0 Å². The molecule has 1 aromatic carbocycles. The molecule has 0 aliphatic rings. The van der Waals surface area contributed by atoms with Gasteiger partial charge in [0.15, 0.2) is 11.5 Å². The van der Waals surface area contributed by atoms with E-state index < -0.39 is 27.0 Å². The van der Waals surface area contributed by atoms with E-state index >= 15 is 0 Å². The molecule has 29 heavy (non-hydrogen) atoms. The Balaban J connectivity index is 1.95. The number of halogens is 3. The zero-order valence-corrected chi connectivity index (χ0v) is 16.2. The minimum Gasteiger partial charge on any atom is -0.404 e. The van der Waals surface area contributed by atoms with Gasteiger partial charge in [0.1, 0.15) is 10.6 Å². The molecule has 2 aromatic heterocycles. The molecule has 0 atom stereocenters. The van der Waals surface area contributed by atoms with Gasteiger partial charge in [0.2, 0.25) is 0 Å². The highest BCUT2D eigenvalue weighted by molar-refractivity contribution is 7.92. The molecule has 0 fully saturated rings. The van der Waals surface area contributed by atoms with E-state index in [-0.39, 0.29) is 11.5 Å². The molecule has 154 valence electrons. The van der Waals surface area contributed by atoms with Crippen LogP contribution < -0.4 is 9.57 Å². The van der Waals surface area contributed by atoms with E-state index in [1.165, 1.54) is 12.1 Å². The highest BCUT2D eigenvalue weighted by Gasteiger charge is 2.34. The number of alkyl halides is 3. The molecular formula is C16H15F3N6O3S. The van der Waals surface area contributed by atoms with Crippen LogP contribution in [0.25, 0.3) is 11.5 Å². The van der Waals surface area contributed by atoms with Crippen LogP contribution in [0.3, 0.4) is 0 Å². The van der Waals surface area contributed by atoms with Gasteiger partial charge in [0.25, 0.3) is 10.0 Å². The van der Waals surface area contributed by atoms with Gasteiger partial charge >= 0.3 is 6.36 Å². The van der Waals surface area contributed by atoms with Crippen molar-refractivity contribution in [1.82, 2.24) is 25.1 Å². The maximum atomic E-state index is 12.6. The average Bonchev–Trinajstić information content (AvgIpc) is 2.92. The molecule has 0 aliphatic carbocycles. The van der Waals surface area contributed by atoms with Crippen LogP contribution in [0.2, 0.25) is 0 Å². The molecule has 0 unspecified atom stereocenters. The lowest BCUT2D eigenvalue weighted by molar-refractivity contribution is -0.275. The number of hydrogen-bond acceptors (Lipinski definition) is 7. The fourth-order valence-electron chi connectivity index (χ4n) is 2.50. The summed E-state index contributed by atoms with van der Waals surface area (Å²) in [5, 5.41) is 7.94. The zero-order valence-electron chi connectivity index (χ0n) is 15.4. The van der Waals surface area contributed by atoms with Crippen molar-refractivity contribution in [2.45, 2.75) is 32.0 Å². The Morgan fingerprint density at radius 2 is 1.66 bits per heavy atom. The number of sulfonamides is 1. The van der Waals surface area contributed by atoms with E-state index in [1.54, 1.807) is 26.8 Å². The number of nitrogens with one attached hydrogen (secondary N) is 1. The highest BCUT2D eigenvalue weighted by atomic mass is 32.2. The minimum absolute atomic E-state index is 0.222. The van der Waals surface area contributed by atoms with Crippen molar-refractivity contribution in [2.24, 2.45) is 0 Å². The second-order valence-electron chi connectivity index (χ2n) is 5.99. The standard InChI is InChI=1S/C16H15F3N6O3S/c1-9-8-10(2)21-15(20-9)14-11(3)22-25(23-14)24-29(26,27)13-7-5-4-6-12(13)28-16(17,18)19/h4-8,24H,1-3H3. The predicted octanol–water partition coefficient (Wildman–Crippen LogP) is 2.49. The molecule has 0 spiro atoms. The molecule has 0 saturated heterocycles. The van der Waals surface area contributed by atoms with Gasteiger partial charge in [-0.25, -0.2) is 9.97 Å². The lowest BCUT2D eigenvalue weighted by Gasteiger charge is -2.13. The van der Waals surface area contributed by atoms with Crippen LogP contribution in [0.1, 0.15) is 17.1 Å². The van der Waals surface area contributed by atoms with E-state index in [2.05, 4.69) is 24.9 Å².